The number of nitrogens with zero attached hydrogens (tertiary/aromatic N) is 6. The van der Waals surface area contributed by atoms with E-state index in [1.54, 1.807) is 11.1 Å². The van der Waals surface area contributed by atoms with Crippen molar-refractivity contribution >= 4 is 74.7 Å². The van der Waals surface area contributed by atoms with Crippen LogP contribution in [0.1, 0.15) is 39.3 Å². The normalized spacial score (nSPS) is 19.8. The highest BCUT2D eigenvalue weighted by atomic mass is 35.5. The van der Waals surface area contributed by atoms with Crippen LogP contribution in [0.15, 0.2) is 40.8 Å². The van der Waals surface area contributed by atoms with Crippen molar-refractivity contribution in [1.82, 2.24) is 14.5 Å². The first-order valence-electron chi connectivity index (χ1n) is 14.4. The predicted molar refractivity (Wildman–Crippen MR) is 181 cm³/mol. The number of benzene rings is 1. The molecule has 9 nitrogen and oxygen atoms in total. The topological polar surface area (TPSA) is 115 Å². The van der Waals surface area contributed by atoms with Crippen molar-refractivity contribution in [3.8, 4) is 23.1 Å². The molecule has 1 N–H and O–H groups in total. The molecular formula is C32H29Cl4FN6O3. The number of piperazine rings is 1. The number of allylic oxidation sites excluding steroid dienone is 1. The Hall–Kier alpha value is -3.62. The number of anilines is 1. The van der Waals surface area contributed by atoms with E-state index in [1.165, 1.54) is 16.7 Å². The van der Waals surface area contributed by atoms with E-state index < -0.39 is 33.2 Å². The number of aromatic hydroxyl groups is 1. The van der Waals surface area contributed by atoms with Crippen molar-refractivity contribution in [3.05, 3.63) is 72.8 Å². The van der Waals surface area contributed by atoms with Crippen LogP contribution in [-0.2, 0) is 4.79 Å². The quantitative estimate of drug-likeness (QED) is 0.168. The number of fused-ring (bicyclic) bond motifs is 1. The molecule has 1 saturated heterocycles. The van der Waals surface area contributed by atoms with Gasteiger partial charge in [0.15, 0.2) is 11.6 Å². The molecule has 3 aromatic rings. The van der Waals surface area contributed by atoms with Gasteiger partial charge in [-0.1, -0.05) is 79.8 Å². The Morgan fingerprint density at radius 1 is 1.20 bits per heavy atom. The summed E-state index contributed by atoms with van der Waals surface area (Å²) in [6.07, 6.45) is 4.79. The minimum absolute atomic E-state index is 0.0171. The van der Waals surface area contributed by atoms with Gasteiger partial charge in [-0.15, -0.1) is 0 Å². The Morgan fingerprint density at radius 3 is 2.50 bits per heavy atom. The summed E-state index contributed by atoms with van der Waals surface area (Å²) in [4.78, 5) is 39.9. The third-order valence-electron chi connectivity index (χ3n) is 8.38. The number of aromatic nitrogens is 2. The van der Waals surface area contributed by atoms with Gasteiger partial charge in [0.25, 0.3) is 5.56 Å². The molecule has 5 rings (SSSR count). The van der Waals surface area contributed by atoms with Crippen molar-refractivity contribution in [1.29, 1.82) is 5.26 Å². The molecule has 240 valence electrons. The molecule has 0 radical (unpaired) electrons. The molecule has 1 amide bonds. The average molecular weight is 706 g/mol. The molecule has 46 heavy (non-hydrogen) atoms. The summed E-state index contributed by atoms with van der Waals surface area (Å²) in [6.45, 7) is 12.2. The highest BCUT2D eigenvalue weighted by Gasteiger charge is 2.36. The Kier molecular flexibility index (Phi) is 9.45. The second-order valence-electron chi connectivity index (χ2n) is 11.6. The number of carbonyl (C=O) groups excluding carboxylic acids is 1. The number of carbonyl (C=O) groups is 1. The van der Waals surface area contributed by atoms with Gasteiger partial charge in [-0.25, -0.2) is 9.37 Å². The third-order valence-corrected chi connectivity index (χ3v) is 9.87. The number of pyridine rings is 2. The summed E-state index contributed by atoms with van der Waals surface area (Å²) >= 11 is 25.8. The van der Waals surface area contributed by atoms with Gasteiger partial charge < -0.3 is 14.9 Å². The zero-order chi connectivity index (χ0) is 33.8. The van der Waals surface area contributed by atoms with Gasteiger partial charge in [0, 0.05) is 54.5 Å². The fraction of sp³-hybridized carbons (Fsp3) is 0.344. The zero-order valence-electron chi connectivity index (χ0n) is 25.3. The van der Waals surface area contributed by atoms with Crippen molar-refractivity contribution in [2.45, 2.75) is 39.8 Å². The first kappa shape index (κ1) is 33.7. The fourth-order valence-corrected chi connectivity index (χ4v) is 7.17. The number of hydrogen-bond donors (Lipinski definition) is 1. The third kappa shape index (κ3) is 5.43. The number of aliphatic imine (C=N–C) groups is 1. The molecule has 2 unspecified atom stereocenters. The number of halogens is 5. The summed E-state index contributed by atoms with van der Waals surface area (Å²) in [6, 6.07) is 2.74. The molecule has 2 aliphatic heterocycles. The van der Waals surface area contributed by atoms with Crippen molar-refractivity contribution in [3.63, 3.8) is 0 Å². The standard InChI is InChI=1S/C32H29Cl4FN6O3/c1-6-20(44)42-10-9-41(13-16(42)5)29-17-11-19(33)27(21-22(34)24(36)25(37)30(45)23(21)35)40-31(17)43(32(46)18(29)12-38)28-15(4)7-8-39-26(28)14(2)3/h6-8,11,14-16,28,45H,1,9-10,13H2,2-5H3/t15?,16-,28?/m1/s1. The first-order valence-corrected chi connectivity index (χ1v) is 15.9. The smallest absolute Gasteiger partial charge is 0.272 e. The number of phenols is 1. The minimum atomic E-state index is -1.21. The molecule has 0 spiro atoms. The molecule has 1 fully saturated rings. The van der Waals surface area contributed by atoms with Crippen molar-refractivity contribution in [2.75, 3.05) is 24.5 Å². The summed E-state index contributed by atoms with van der Waals surface area (Å²) in [7, 11) is 0. The molecule has 2 aliphatic rings. The SMILES string of the molecule is C=CC(=O)N1CCN(c2c(C#N)c(=O)n(C3C(C(C)C)=NC=CC3C)c3nc(-c4c(Cl)c(O)c(F)c(Cl)c4Cl)c(Cl)cc23)C[C@H]1C. The van der Waals surface area contributed by atoms with Gasteiger partial charge in [-0.2, -0.15) is 5.26 Å². The highest BCUT2D eigenvalue weighted by molar-refractivity contribution is 6.47. The van der Waals surface area contributed by atoms with Crippen LogP contribution in [0.3, 0.4) is 0 Å². The van der Waals surface area contributed by atoms with Crippen LogP contribution in [0.5, 0.6) is 5.75 Å². The molecule has 0 bridgehead atoms. The van der Waals surface area contributed by atoms with Crippen LogP contribution in [0.2, 0.25) is 20.1 Å². The maximum atomic E-state index is 14.6. The van der Waals surface area contributed by atoms with E-state index in [-0.39, 0.29) is 56.3 Å². The minimum Gasteiger partial charge on any atom is -0.504 e. The lowest BCUT2D eigenvalue weighted by Gasteiger charge is -2.41. The number of nitriles is 1. The number of hydrogen-bond acceptors (Lipinski definition) is 7. The van der Waals surface area contributed by atoms with E-state index in [4.69, 9.17) is 51.4 Å². The second-order valence-corrected chi connectivity index (χ2v) is 13.1. The van der Waals surface area contributed by atoms with Crippen molar-refractivity contribution in [2.24, 2.45) is 16.8 Å². The van der Waals surface area contributed by atoms with Gasteiger partial charge in [0.2, 0.25) is 5.91 Å². The maximum Gasteiger partial charge on any atom is 0.272 e. The Labute approximate surface area is 284 Å². The van der Waals surface area contributed by atoms with Gasteiger partial charge >= 0.3 is 0 Å². The van der Waals surface area contributed by atoms with Gasteiger partial charge in [0.05, 0.1) is 37.5 Å². The maximum absolute atomic E-state index is 14.6. The molecule has 14 heteroatoms. The van der Waals surface area contributed by atoms with Crippen LogP contribution < -0.4 is 10.5 Å². The first-order chi connectivity index (χ1) is 21.7. The summed E-state index contributed by atoms with van der Waals surface area (Å²) in [5.41, 5.74) is 0.181. The van der Waals surface area contributed by atoms with E-state index in [0.29, 0.717) is 36.4 Å². The zero-order valence-corrected chi connectivity index (χ0v) is 28.3. The van der Waals surface area contributed by atoms with Gasteiger partial charge in [-0.05, 0) is 25.0 Å². The van der Waals surface area contributed by atoms with E-state index in [0.717, 1.165) is 0 Å². The summed E-state index contributed by atoms with van der Waals surface area (Å²) in [5.74, 6) is -2.69. The van der Waals surface area contributed by atoms with Crippen molar-refractivity contribution < 1.29 is 14.3 Å². The predicted octanol–water partition coefficient (Wildman–Crippen LogP) is 7.42. The fourth-order valence-electron chi connectivity index (χ4n) is 6.16. The molecule has 0 saturated carbocycles. The lowest BCUT2D eigenvalue weighted by molar-refractivity contribution is -0.128. The highest BCUT2D eigenvalue weighted by Crippen LogP contribution is 2.48. The number of rotatable bonds is 5. The van der Waals surface area contributed by atoms with E-state index in [2.05, 4.69) is 17.6 Å². The Bertz CT molecular complexity index is 1940. The number of phenolic OH excluding ortho intramolecular Hbond substituents is 1. The second kappa shape index (κ2) is 12.9. The van der Waals surface area contributed by atoms with Crippen LogP contribution in [0.4, 0.5) is 10.1 Å². The molecular weight excluding hydrogens is 677 g/mol. The monoisotopic (exact) mass is 704 g/mol. The Balaban J connectivity index is 1.89. The largest absolute Gasteiger partial charge is 0.504 e. The van der Waals surface area contributed by atoms with Gasteiger partial charge in [0.1, 0.15) is 17.3 Å². The lowest BCUT2D eigenvalue weighted by Crippen LogP contribution is -2.54. The van der Waals surface area contributed by atoms with E-state index >= 15 is 0 Å². The Morgan fingerprint density at radius 2 is 1.89 bits per heavy atom. The van der Waals surface area contributed by atoms with E-state index in [9.17, 15) is 24.3 Å². The molecule has 3 atom stereocenters. The van der Waals surface area contributed by atoms with Gasteiger partial charge in [-0.3, -0.25) is 19.1 Å². The van der Waals surface area contributed by atoms with Crippen LogP contribution in [-0.4, -0.2) is 56.9 Å². The molecule has 4 heterocycles. The molecule has 1 aromatic carbocycles. The summed E-state index contributed by atoms with van der Waals surface area (Å²) in [5, 5.41) is 19.8. The average Bonchev–Trinajstić information content (AvgIpc) is 3.02. The molecule has 0 aliphatic carbocycles. The summed E-state index contributed by atoms with van der Waals surface area (Å²) < 4.78 is 16.0. The van der Waals surface area contributed by atoms with Crippen LogP contribution in [0.25, 0.3) is 22.3 Å². The van der Waals surface area contributed by atoms with Crippen LogP contribution >= 0.6 is 46.4 Å². The number of amides is 1. The lowest BCUT2D eigenvalue weighted by atomic mass is 9.88. The van der Waals surface area contributed by atoms with Crippen LogP contribution in [0, 0.1) is 29.0 Å². The van der Waals surface area contributed by atoms with E-state index in [1.807, 2.05) is 38.7 Å². The molecule has 2 aromatic heterocycles.